The molecule has 0 heterocycles. The third-order valence-electron chi connectivity index (χ3n) is 6.85. The summed E-state index contributed by atoms with van der Waals surface area (Å²) in [6, 6.07) is 16.1. The summed E-state index contributed by atoms with van der Waals surface area (Å²) in [5.41, 5.74) is 3.50. The van der Waals surface area contributed by atoms with Crippen molar-refractivity contribution in [1.29, 1.82) is 0 Å². The number of carbonyl (C=O) groups is 2. The van der Waals surface area contributed by atoms with Crippen LogP contribution in [-0.4, -0.2) is 44.3 Å². The molecule has 0 bridgehead atoms. The smallest absolute Gasteiger partial charge is 0.264 e. The number of benzene rings is 3. The number of sulfonamides is 1. The summed E-state index contributed by atoms with van der Waals surface area (Å²) in [4.78, 5) is 28.6. The van der Waals surface area contributed by atoms with Crippen LogP contribution in [0.2, 0.25) is 10.0 Å². The molecule has 0 radical (unpaired) electrons. The summed E-state index contributed by atoms with van der Waals surface area (Å²) >= 11 is 12.3. The van der Waals surface area contributed by atoms with Crippen molar-refractivity contribution >= 4 is 50.7 Å². The number of anilines is 1. The highest BCUT2D eigenvalue weighted by molar-refractivity contribution is 7.92. The Bertz CT molecular complexity index is 1490. The van der Waals surface area contributed by atoms with Crippen LogP contribution >= 0.6 is 23.2 Å². The zero-order valence-electron chi connectivity index (χ0n) is 24.1. The molecule has 1 N–H and O–H groups in total. The predicted octanol–water partition coefficient (Wildman–Crippen LogP) is 6.45. The summed E-state index contributed by atoms with van der Waals surface area (Å²) in [6.07, 6.45) is 1.71. The molecule has 0 saturated carbocycles. The molecule has 0 aliphatic carbocycles. The number of amides is 2. The predicted molar refractivity (Wildman–Crippen MR) is 166 cm³/mol. The van der Waals surface area contributed by atoms with E-state index in [2.05, 4.69) is 5.32 Å². The lowest BCUT2D eigenvalue weighted by molar-refractivity contribution is -0.139. The van der Waals surface area contributed by atoms with Gasteiger partial charge in [-0.15, -0.1) is 0 Å². The molecule has 1 atom stereocenters. The topological polar surface area (TPSA) is 86.8 Å². The SMILES string of the molecule is CCCCNC(=O)[C@H](C)N(Cc1ccc(Cl)c(Cl)c1)C(=O)CN(c1cc(C)ccc1C)S(=O)(=O)c1ccc(C)cc1. The van der Waals surface area contributed by atoms with Crippen LogP contribution in [0.4, 0.5) is 5.69 Å². The van der Waals surface area contributed by atoms with Crippen LogP contribution < -0.4 is 9.62 Å². The van der Waals surface area contributed by atoms with Crippen LogP contribution in [-0.2, 0) is 26.2 Å². The van der Waals surface area contributed by atoms with Crippen molar-refractivity contribution in [3.8, 4) is 0 Å². The van der Waals surface area contributed by atoms with Gasteiger partial charge in [-0.3, -0.25) is 13.9 Å². The maximum atomic E-state index is 14.1. The normalized spacial score (nSPS) is 12.1. The van der Waals surface area contributed by atoms with E-state index in [0.29, 0.717) is 33.4 Å². The molecule has 2 amide bonds. The molecule has 0 aliphatic heterocycles. The zero-order valence-corrected chi connectivity index (χ0v) is 26.4. The lowest BCUT2D eigenvalue weighted by Crippen LogP contribution is -2.51. The molecule has 41 heavy (non-hydrogen) atoms. The number of hydrogen-bond acceptors (Lipinski definition) is 4. The van der Waals surface area contributed by atoms with Crippen molar-refractivity contribution in [3.63, 3.8) is 0 Å². The highest BCUT2D eigenvalue weighted by Gasteiger charge is 2.33. The van der Waals surface area contributed by atoms with E-state index in [9.17, 15) is 18.0 Å². The van der Waals surface area contributed by atoms with Gasteiger partial charge >= 0.3 is 0 Å². The first-order valence-electron chi connectivity index (χ1n) is 13.5. The molecule has 3 aromatic carbocycles. The third kappa shape index (κ3) is 8.24. The van der Waals surface area contributed by atoms with Crippen LogP contribution in [0.1, 0.15) is 48.9 Å². The van der Waals surface area contributed by atoms with Gasteiger partial charge in [-0.1, -0.05) is 72.4 Å². The minimum atomic E-state index is -4.14. The van der Waals surface area contributed by atoms with Crippen LogP contribution in [0.5, 0.6) is 0 Å². The molecular weight excluding hydrogens is 581 g/mol. The van der Waals surface area contributed by atoms with Gasteiger partial charge in [0.25, 0.3) is 10.0 Å². The number of nitrogens with zero attached hydrogens (tertiary/aromatic N) is 2. The quantitative estimate of drug-likeness (QED) is 0.237. The molecule has 7 nitrogen and oxygen atoms in total. The number of nitrogens with one attached hydrogen (secondary N) is 1. The Morgan fingerprint density at radius 1 is 0.902 bits per heavy atom. The second kappa shape index (κ2) is 14.2. The Labute approximate surface area is 253 Å². The summed E-state index contributed by atoms with van der Waals surface area (Å²) in [7, 11) is -4.14. The maximum absolute atomic E-state index is 14.1. The van der Waals surface area contributed by atoms with Crippen LogP contribution in [0.25, 0.3) is 0 Å². The van der Waals surface area contributed by atoms with Crippen molar-refractivity contribution in [2.75, 3.05) is 17.4 Å². The van der Waals surface area contributed by atoms with Gasteiger partial charge in [-0.05, 0) is 81.1 Å². The van der Waals surface area contributed by atoms with Crippen LogP contribution in [0.3, 0.4) is 0 Å². The largest absolute Gasteiger partial charge is 0.354 e. The zero-order chi connectivity index (χ0) is 30.3. The molecule has 3 aromatic rings. The van der Waals surface area contributed by atoms with E-state index >= 15 is 0 Å². The molecule has 0 aromatic heterocycles. The average molecular weight is 619 g/mol. The fourth-order valence-electron chi connectivity index (χ4n) is 4.29. The Morgan fingerprint density at radius 3 is 2.20 bits per heavy atom. The average Bonchev–Trinajstić information content (AvgIpc) is 2.93. The Hall–Kier alpha value is -3.07. The van der Waals surface area contributed by atoms with Gasteiger partial charge in [-0.2, -0.15) is 0 Å². The van der Waals surface area contributed by atoms with Crippen molar-refractivity contribution in [2.24, 2.45) is 0 Å². The Kier molecular flexibility index (Phi) is 11.2. The highest BCUT2D eigenvalue weighted by Crippen LogP contribution is 2.29. The molecule has 0 fully saturated rings. The molecule has 0 aliphatic rings. The second-order valence-electron chi connectivity index (χ2n) is 10.2. The van der Waals surface area contributed by atoms with Gasteiger partial charge in [0.2, 0.25) is 11.8 Å². The molecule has 0 saturated heterocycles. The molecule has 0 unspecified atom stereocenters. The second-order valence-corrected chi connectivity index (χ2v) is 12.9. The number of halogens is 2. The van der Waals surface area contributed by atoms with Gasteiger partial charge in [0.15, 0.2) is 0 Å². The monoisotopic (exact) mass is 617 g/mol. The van der Waals surface area contributed by atoms with Gasteiger partial charge in [0, 0.05) is 13.1 Å². The van der Waals surface area contributed by atoms with Crippen LogP contribution in [0.15, 0.2) is 65.6 Å². The van der Waals surface area contributed by atoms with E-state index in [1.165, 1.54) is 17.0 Å². The number of carbonyl (C=O) groups excluding carboxylic acids is 2. The van der Waals surface area contributed by atoms with E-state index in [1.54, 1.807) is 50.2 Å². The lowest BCUT2D eigenvalue weighted by atomic mass is 10.1. The lowest BCUT2D eigenvalue weighted by Gasteiger charge is -2.32. The molecule has 220 valence electrons. The van der Waals surface area contributed by atoms with E-state index < -0.39 is 28.5 Å². The fraction of sp³-hybridized carbons (Fsp3) is 0.355. The number of aryl methyl sites for hydroxylation is 3. The minimum absolute atomic E-state index is 0.0311. The standard InChI is InChI=1S/C31H37Cl2N3O4S/c1-6-7-16-34-31(38)24(5)35(19-25-12-15-27(32)28(33)18-25)30(37)20-36(29-17-22(3)8-11-23(29)4)41(39,40)26-13-9-21(2)10-14-26/h8-15,17-18,24H,6-7,16,19-20H2,1-5H3,(H,34,38)/t24-/m0/s1. The van der Waals surface area contributed by atoms with E-state index in [4.69, 9.17) is 23.2 Å². The van der Waals surface area contributed by atoms with Gasteiger partial charge < -0.3 is 10.2 Å². The summed E-state index contributed by atoms with van der Waals surface area (Å²) in [5.74, 6) is -0.864. The Balaban J connectivity index is 2.06. The maximum Gasteiger partial charge on any atom is 0.264 e. The first-order valence-corrected chi connectivity index (χ1v) is 15.7. The first-order chi connectivity index (χ1) is 19.3. The van der Waals surface area contributed by atoms with Crippen molar-refractivity contribution in [1.82, 2.24) is 10.2 Å². The number of unbranched alkanes of at least 4 members (excludes halogenated alkanes) is 1. The summed E-state index contributed by atoms with van der Waals surface area (Å²) < 4.78 is 29.2. The van der Waals surface area contributed by atoms with Gasteiger partial charge in [0.1, 0.15) is 12.6 Å². The molecule has 0 spiro atoms. The number of rotatable bonds is 12. The van der Waals surface area contributed by atoms with E-state index in [0.717, 1.165) is 28.3 Å². The highest BCUT2D eigenvalue weighted by atomic mass is 35.5. The first kappa shape index (κ1) is 32.4. The van der Waals surface area contributed by atoms with E-state index in [-0.39, 0.29) is 17.3 Å². The summed E-state index contributed by atoms with van der Waals surface area (Å²) in [6.45, 7) is 9.19. The minimum Gasteiger partial charge on any atom is -0.354 e. The van der Waals surface area contributed by atoms with Gasteiger partial charge in [0.05, 0.1) is 20.6 Å². The fourth-order valence-corrected chi connectivity index (χ4v) is 6.08. The van der Waals surface area contributed by atoms with Gasteiger partial charge in [-0.25, -0.2) is 8.42 Å². The van der Waals surface area contributed by atoms with Crippen molar-refractivity contribution in [3.05, 3.63) is 93.0 Å². The van der Waals surface area contributed by atoms with Crippen molar-refractivity contribution < 1.29 is 18.0 Å². The Morgan fingerprint density at radius 2 is 1.56 bits per heavy atom. The molecular formula is C31H37Cl2N3O4S. The summed E-state index contributed by atoms with van der Waals surface area (Å²) in [5, 5.41) is 3.56. The third-order valence-corrected chi connectivity index (χ3v) is 9.37. The molecule has 3 rings (SSSR count). The van der Waals surface area contributed by atoms with E-state index in [1.807, 2.05) is 32.9 Å². The van der Waals surface area contributed by atoms with Crippen LogP contribution in [0, 0.1) is 20.8 Å². The molecule has 10 heteroatoms. The van der Waals surface area contributed by atoms with Crippen molar-refractivity contribution in [2.45, 2.75) is 64.9 Å². The number of hydrogen-bond donors (Lipinski definition) is 1.